The summed E-state index contributed by atoms with van der Waals surface area (Å²) in [5.41, 5.74) is 1.93. The molecule has 168 valence electrons. The molecule has 0 bridgehead atoms. The topological polar surface area (TPSA) is 82.5 Å². The number of ether oxygens (including phenoxy) is 2. The molecule has 0 aliphatic carbocycles. The van der Waals surface area contributed by atoms with Crippen LogP contribution in [0.4, 0.5) is 0 Å². The van der Waals surface area contributed by atoms with Gasteiger partial charge in [0.05, 0.1) is 25.6 Å². The van der Waals surface area contributed by atoms with Crippen molar-refractivity contribution >= 4 is 16.7 Å². The van der Waals surface area contributed by atoms with E-state index >= 15 is 0 Å². The number of benzene rings is 3. The van der Waals surface area contributed by atoms with Crippen molar-refractivity contribution in [2.45, 2.75) is 12.5 Å². The second-order valence-corrected chi connectivity index (χ2v) is 7.67. The van der Waals surface area contributed by atoms with Crippen molar-refractivity contribution in [3.05, 3.63) is 100.0 Å². The summed E-state index contributed by atoms with van der Waals surface area (Å²) in [6.45, 7) is 0. The highest BCUT2D eigenvalue weighted by atomic mass is 16.5. The lowest BCUT2D eigenvalue weighted by Gasteiger charge is -2.20. The number of amides is 1. The van der Waals surface area contributed by atoms with Crippen molar-refractivity contribution in [1.29, 1.82) is 0 Å². The SMILES string of the molecule is COc1ccc(C[C@@H](NC(=O)c2nn(C)c(=O)c3ccccc23)c2ccc(OC)cc2)cc1. The van der Waals surface area contributed by atoms with Crippen LogP contribution in [-0.2, 0) is 13.5 Å². The van der Waals surface area contributed by atoms with Crippen LogP contribution in [0.1, 0.15) is 27.7 Å². The average molecular weight is 444 g/mol. The van der Waals surface area contributed by atoms with Gasteiger partial charge in [0.15, 0.2) is 5.69 Å². The number of carbonyl (C=O) groups excluding carboxylic acids is 1. The first-order chi connectivity index (χ1) is 16.0. The van der Waals surface area contributed by atoms with Crippen molar-refractivity contribution in [2.75, 3.05) is 14.2 Å². The summed E-state index contributed by atoms with van der Waals surface area (Å²) in [4.78, 5) is 25.8. The van der Waals surface area contributed by atoms with Crippen molar-refractivity contribution in [2.24, 2.45) is 7.05 Å². The third kappa shape index (κ3) is 4.72. The number of carbonyl (C=O) groups is 1. The van der Waals surface area contributed by atoms with Gasteiger partial charge in [-0.15, -0.1) is 0 Å². The van der Waals surface area contributed by atoms with Crippen LogP contribution >= 0.6 is 0 Å². The predicted molar refractivity (Wildman–Crippen MR) is 127 cm³/mol. The van der Waals surface area contributed by atoms with Crippen LogP contribution in [0.15, 0.2) is 77.6 Å². The lowest BCUT2D eigenvalue weighted by atomic mass is 9.98. The van der Waals surface area contributed by atoms with E-state index in [4.69, 9.17) is 9.47 Å². The molecule has 0 spiro atoms. The summed E-state index contributed by atoms with van der Waals surface area (Å²) in [5.74, 6) is 1.15. The summed E-state index contributed by atoms with van der Waals surface area (Å²) in [7, 11) is 4.78. The average Bonchev–Trinajstić information content (AvgIpc) is 2.86. The van der Waals surface area contributed by atoms with Gasteiger partial charge in [-0.05, 0) is 47.9 Å². The van der Waals surface area contributed by atoms with Gasteiger partial charge in [0, 0.05) is 12.4 Å². The number of methoxy groups -OCH3 is 2. The lowest BCUT2D eigenvalue weighted by Crippen LogP contribution is -2.33. The van der Waals surface area contributed by atoms with Crippen molar-refractivity contribution in [3.8, 4) is 11.5 Å². The van der Waals surface area contributed by atoms with E-state index in [1.807, 2.05) is 48.5 Å². The molecule has 0 radical (unpaired) electrons. The van der Waals surface area contributed by atoms with Crippen LogP contribution in [0.5, 0.6) is 11.5 Å². The van der Waals surface area contributed by atoms with Gasteiger partial charge in [-0.25, -0.2) is 4.68 Å². The summed E-state index contributed by atoms with van der Waals surface area (Å²) >= 11 is 0. The standard InChI is InChI=1S/C26H25N3O4/c1-29-26(31)22-7-5-4-6-21(22)24(28-29)25(30)27-23(18-10-14-20(33-3)15-11-18)16-17-8-12-19(32-2)13-9-17/h4-15,23H,16H2,1-3H3,(H,27,30)/t23-/m1/s1. The van der Waals surface area contributed by atoms with Crippen LogP contribution < -0.4 is 20.3 Å². The summed E-state index contributed by atoms with van der Waals surface area (Å²) < 4.78 is 11.7. The summed E-state index contributed by atoms with van der Waals surface area (Å²) in [5, 5.41) is 8.35. The van der Waals surface area contributed by atoms with Crippen molar-refractivity contribution in [1.82, 2.24) is 15.1 Å². The first-order valence-electron chi connectivity index (χ1n) is 10.5. The molecule has 0 fully saturated rings. The Labute approximate surface area is 191 Å². The molecule has 0 aliphatic heterocycles. The van der Waals surface area contributed by atoms with Gasteiger partial charge in [-0.1, -0.05) is 42.5 Å². The molecule has 0 saturated heterocycles. The van der Waals surface area contributed by atoms with E-state index in [1.165, 1.54) is 4.68 Å². The maximum atomic E-state index is 13.4. The Kier molecular flexibility index (Phi) is 6.40. The van der Waals surface area contributed by atoms with Crippen LogP contribution in [0, 0.1) is 0 Å². The molecule has 1 aromatic heterocycles. The van der Waals surface area contributed by atoms with E-state index in [9.17, 15) is 9.59 Å². The van der Waals surface area contributed by atoms with Gasteiger partial charge < -0.3 is 14.8 Å². The molecule has 33 heavy (non-hydrogen) atoms. The molecule has 0 unspecified atom stereocenters. The van der Waals surface area contributed by atoms with E-state index in [1.54, 1.807) is 45.5 Å². The number of hydrogen-bond donors (Lipinski definition) is 1. The van der Waals surface area contributed by atoms with Gasteiger partial charge in [-0.3, -0.25) is 9.59 Å². The fraction of sp³-hybridized carbons (Fsp3) is 0.192. The zero-order valence-electron chi connectivity index (χ0n) is 18.7. The Balaban J connectivity index is 1.69. The van der Waals surface area contributed by atoms with E-state index in [0.29, 0.717) is 17.2 Å². The van der Waals surface area contributed by atoms with Gasteiger partial charge in [0.2, 0.25) is 0 Å². The first-order valence-corrected chi connectivity index (χ1v) is 10.5. The number of aromatic nitrogens is 2. The molecule has 0 saturated carbocycles. The molecule has 4 rings (SSSR count). The Morgan fingerprint density at radius 1 is 0.909 bits per heavy atom. The van der Waals surface area contributed by atoms with E-state index < -0.39 is 0 Å². The summed E-state index contributed by atoms with van der Waals surface area (Å²) in [6, 6.07) is 22.0. The molecule has 0 aliphatic rings. The molecule has 1 N–H and O–H groups in total. The fourth-order valence-electron chi connectivity index (χ4n) is 3.78. The van der Waals surface area contributed by atoms with Crippen LogP contribution in [0.25, 0.3) is 10.8 Å². The Morgan fingerprint density at radius 3 is 2.09 bits per heavy atom. The third-order valence-corrected chi connectivity index (χ3v) is 5.59. The second kappa shape index (κ2) is 9.56. The zero-order chi connectivity index (χ0) is 23.4. The number of fused-ring (bicyclic) bond motifs is 1. The Bertz CT molecular complexity index is 1330. The lowest BCUT2D eigenvalue weighted by molar-refractivity contribution is 0.0931. The maximum Gasteiger partial charge on any atom is 0.274 e. The van der Waals surface area contributed by atoms with Crippen LogP contribution in [0.3, 0.4) is 0 Å². The Hall–Kier alpha value is -4.13. The number of nitrogens with zero attached hydrogens (tertiary/aromatic N) is 2. The zero-order valence-corrected chi connectivity index (χ0v) is 18.7. The van der Waals surface area contributed by atoms with Gasteiger partial charge in [0.25, 0.3) is 11.5 Å². The normalized spacial score (nSPS) is 11.7. The number of rotatable bonds is 7. The first kappa shape index (κ1) is 22.1. The van der Waals surface area contributed by atoms with E-state index in [2.05, 4.69) is 10.4 Å². The number of aryl methyl sites for hydroxylation is 1. The van der Waals surface area contributed by atoms with Crippen molar-refractivity contribution in [3.63, 3.8) is 0 Å². The molecule has 1 heterocycles. The molecule has 1 atom stereocenters. The fourth-order valence-corrected chi connectivity index (χ4v) is 3.78. The minimum atomic E-state index is -0.351. The van der Waals surface area contributed by atoms with Gasteiger partial charge >= 0.3 is 0 Å². The summed E-state index contributed by atoms with van der Waals surface area (Å²) in [6.07, 6.45) is 0.561. The van der Waals surface area contributed by atoms with Gasteiger partial charge in [-0.2, -0.15) is 5.10 Å². The minimum absolute atomic E-state index is 0.209. The van der Waals surface area contributed by atoms with Crippen LogP contribution in [-0.4, -0.2) is 29.9 Å². The molecule has 7 nitrogen and oxygen atoms in total. The maximum absolute atomic E-state index is 13.4. The molecular formula is C26H25N3O4. The predicted octanol–water partition coefficient (Wildman–Crippen LogP) is 3.66. The van der Waals surface area contributed by atoms with E-state index in [0.717, 1.165) is 22.6 Å². The highest BCUT2D eigenvalue weighted by Gasteiger charge is 2.21. The molecule has 7 heteroatoms. The quantitative estimate of drug-likeness (QED) is 0.471. The number of hydrogen-bond acceptors (Lipinski definition) is 5. The molecule has 4 aromatic rings. The van der Waals surface area contributed by atoms with Crippen LogP contribution in [0.2, 0.25) is 0 Å². The minimum Gasteiger partial charge on any atom is -0.497 e. The largest absolute Gasteiger partial charge is 0.497 e. The van der Waals surface area contributed by atoms with E-state index in [-0.39, 0.29) is 23.2 Å². The van der Waals surface area contributed by atoms with Crippen molar-refractivity contribution < 1.29 is 14.3 Å². The third-order valence-electron chi connectivity index (χ3n) is 5.59. The Morgan fingerprint density at radius 2 is 1.48 bits per heavy atom. The highest BCUT2D eigenvalue weighted by molar-refractivity contribution is 6.04. The second-order valence-electron chi connectivity index (χ2n) is 7.67. The molecular weight excluding hydrogens is 418 g/mol. The monoisotopic (exact) mass is 443 g/mol. The molecule has 1 amide bonds. The molecule has 3 aromatic carbocycles. The smallest absolute Gasteiger partial charge is 0.274 e. The highest BCUT2D eigenvalue weighted by Crippen LogP contribution is 2.24. The number of nitrogens with one attached hydrogen (secondary N) is 1. The van der Waals surface area contributed by atoms with Gasteiger partial charge in [0.1, 0.15) is 11.5 Å².